The lowest BCUT2D eigenvalue weighted by Gasteiger charge is -2.35. The number of benzene rings is 2. The summed E-state index contributed by atoms with van der Waals surface area (Å²) in [5.74, 6) is -0.714. The molecule has 0 radical (unpaired) electrons. The normalized spacial score (nSPS) is 13.5. The molecule has 0 spiro atoms. The van der Waals surface area contributed by atoms with Crippen LogP contribution in [0.15, 0.2) is 77.4 Å². The average molecular weight is 507 g/mol. The highest BCUT2D eigenvalue weighted by Gasteiger charge is 2.26. The van der Waals surface area contributed by atoms with Crippen LogP contribution in [0.1, 0.15) is 16.8 Å². The highest BCUT2D eigenvalue weighted by atomic mass is 79.9. The molecule has 7 nitrogen and oxygen atoms in total. The smallest absolute Gasteiger partial charge is 0.255 e. The number of anilines is 1. The highest BCUT2D eigenvalue weighted by Crippen LogP contribution is 2.20. The lowest BCUT2D eigenvalue weighted by molar-refractivity contribution is -0.135. The Morgan fingerprint density at radius 3 is 2.18 bits per heavy atom. The molecular weight excluding hydrogens is 484 g/mol. The fraction of sp³-hybridized carbons (Fsp3) is 0.200. The van der Waals surface area contributed by atoms with E-state index in [0.717, 1.165) is 15.7 Å². The van der Waals surface area contributed by atoms with Gasteiger partial charge in [0, 0.05) is 36.2 Å². The van der Waals surface area contributed by atoms with Crippen LogP contribution < -0.4 is 5.32 Å². The SMILES string of the molecule is O=C(CC(=O)N1CCN(C(=O)c2ccccc2Br)CC1)Nc1ccc(-c2ccccc2)nc1. The van der Waals surface area contributed by atoms with Crippen molar-refractivity contribution < 1.29 is 14.4 Å². The monoisotopic (exact) mass is 506 g/mol. The van der Waals surface area contributed by atoms with Gasteiger partial charge in [-0.1, -0.05) is 42.5 Å². The van der Waals surface area contributed by atoms with E-state index in [1.54, 1.807) is 28.1 Å². The largest absolute Gasteiger partial charge is 0.339 e. The molecule has 0 aliphatic carbocycles. The molecule has 1 saturated heterocycles. The van der Waals surface area contributed by atoms with Crippen LogP contribution in [0.25, 0.3) is 11.3 Å². The van der Waals surface area contributed by atoms with E-state index in [1.807, 2.05) is 54.6 Å². The molecule has 0 unspecified atom stereocenters. The van der Waals surface area contributed by atoms with E-state index in [0.29, 0.717) is 37.4 Å². The van der Waals surface area contributed by atoms with E-state index in [9.17, 15) is 14.4 Å². The molecule has 1 aliphatic rings. The van der Waals surface area contributed by atoms with Crippen molar-refractivity contribution in [2.24, 2.45) is 0 Å². The van der Waals surface area contributed by atoms with Gasteiger partial charge in [-0.15, -0.1) is 0 Å². The molecule has 33 heavy (non-hydrogen) atoms. The van der Waals surface area contributed by atoms with Crippen LogP contribution in [0.2, 0.25) is 0 Å². The first-order valence-corrected chi connectivity index (χ1v) is 11.4. The van der Waals surface area contributed by atoms with Gasteiger partial charge in [0.2, 0.25) is 11.8 Å². The summed E-state index contributed by atoms with van der Waals surface area (Å²) in [4.78, 5) is 45.4. The average Bonchev–Trinajstić information content (AvgIpc) is 2.85. The van der Waals surface area contributed by atoms with Gasteiger partial charge in [0.25, 0.3) is 5.91 Å². The van der Waals surface area contributed by atoms with Crippen molar-refractivity contribution in [2.45, 2.75) is 6.42 Å². The molecule has 3 amide bonds. The maximum absolute atomic E-state index is 12.7. The van der Waals surface area contributed by atoms with E-state index < -0.39 is 0 Å². The Bertz CT molecular complexity index is 1140. The number of nitrogens with one attached hydrogen (secondary N) is 1. The number of piperazine rings is 1. The number of carbonyl (C=O) groups excluding carboxylic acids is 3. The quantitative estimate of drug-likeness (QED) is 0.533. The van der Waals surface area contributed by atoms with E-state index in [1.165, 1.54) is 0 Å². The van der Waals surface area contributed by atoms with Gasteiger partial charge < -0.3 is 15.1 Å². The summed E-state index contributed by atoms with van der Waals surface area (Å²) in [6.45, 7) is 1.65. The molecule has 0 atom stereocenters. The van der Waals surface area contributed by atoms with E-state index in [-0.39, 0.29) is 24.1 Å². The number of hydrogen-bond donors (Lipinski definition) is 1. The molecule has 4 rings (SSSR count). The molecule has 8 heteroatoms. The molecule has 1 aromatic heterocycles. The Balaban J connectivity index is 1.26. The second-order valence-corrected chi connectivity index (χ2v) is 8.53. The van der Waals surface area contributed by atoms with Crippen molar-refractivity contribution in [3.63, 3.8) is 0 Å². The molecule has 168 valence electrons. The van der Waals surface area contributed by atoms with Gasteiger partial charge in [0.1, 0.15) is 6.42 Å². The van der Waals surface area contributed by atoms with Gasteiger partial charge in [0.05, 0.1) is 23.1 Å². The third-order valence-corrected chi connectivity index (χ3v) is 6.14. The maximum Gasteiger partial charge on any atom is 0.255 e. The molecule has 2 aromatic carbocycles. The number of rotatable bonds is 5. The van der Waals surface area contributed by atoms with Gasteiger partial charge in [-0.25, -0.2) is 0 Å². The van der Waals surface area contributed by atoms with Crippen LogP contribution in [0.3, 0.4) is 0 Å². The summed E-state index contributed by atoms with van der Waals surface area (Å²) in [7, 11) is 0. The molecule has 0 bridgehead atoms. The Hall–Kier alpha value is -3.52. The zero-order valence-corrected chi connectivity index (χ0v) is 19.5. The Labute approximate surface area is 200 Å². The van der Waals surface area contributed by atoms with Crippen LogP contribution >= 0.6 is 15.9 Å². The zero-order chi connectivity index (χ0) is 23.2. The van der Waals surface area contributed by atoms with Crippen molar-refractivity contribution in [1.29, 1.82) is 0 Å². The van der Waals surface area contributed by atoms with Crippen LogP contribution in [-0.2, 0) is 9.59 Å². The number of halogens is 1. The van der Waals surface area contributed by atoms with Crippen molar-refractivity contribution in [1.82, 2.24) is 14.8 Å². The summed E-state index contributed by atoms with van der Waals surface area (Å²) in [6.07, 6.45) is 1.33. The molecule has 1 N–H and O–H groups in total. The van der Waals surface area contributed by atoms with E-state index in [4.69, 9.17) is 0 Å². The predicted octanol–water partition coefficient (Wildman–Crippen LogP) is 3.82. The Morgan fingerprint density at radius 2 is 1.52 bits per heavy atom. The summed E-state index contributed by atoms with van der Waals surface area (Å²) >= 11 is 3.41. The number of aromatic nitrogens is 1. The number of carbonyl (C=O) groups is 3. The van der Waals surface area contributed by atoms with Gasteiger partial charge in [-0.3, -0.25) is 19.4 Å². The predicted molar refractivity (Wildman–Crippen MR) is 130 cm³/mol. The zero-order valence-electron chi connectivity index (χ0n) is 17.9. The molecule has 1 fully saturated rings. The Morgan fingerprint density at radius 1 is 0.848 bits per heavy atom. The third-order valence-electron chi connectivity index (χ3n) is 5.45. The standard InChI is InChI=1S/C25H23BrN4O3/c26-21-9-5-4-8-20(21)25(33)30-14-12-29(13-15-30)24(32)16-23(31)28-19-10-11-22(27-17-19)18-6-2-1-3-7-18/h1-11,17H,12-16H2,(H,28,31). The van der Waals surface area contributed by atoms with Gasteiger partial charge in [0.15, 0.2) is 0 Å². The van der Waals surface area contributed by atoms with Crippen molar-refractivity contribution in [2.75, 3.05) is 31.5 Å². The van der Waals surface area contributed by atoms with Crippen molar-refractivity contribution >= 4 is 39.3 Å². The fourth-order valence-corrected chi connectivity index (χ4v) is 4.12. The summed E-state index contributed by atoms with van der Waals surface area (Å²) in [5, 5.41) is 2.73. The minimum Gasteiger partial charge on any atom is -0.339 e. The van der Waals surface area contributed by atoms with Crippen LogP contribution in [0, 0.1) is 0 Å². The first kappa shape index (κ1) is 22.7. The third kappa shape index (κ3) is 5.64. The van der Waals surface area contributed by atoms with E-state index >= 15 is 0 Å². The topological polar surface area (TPSA) is 82.6 Å². The van der Waals surface area contributed by atoms with Crippen LogP contribution in [0.4, 0.5) is 5.69 Å². The number of hydrogen-bond acceptors (Lipinski definition) is 4. The lowest BCUT2D eigenvalue weighted by atomic mass is 10.1. The molecule has 0 saturated carbocycles. The van der Waals surface area contributed by atoms with Crippen LogP contribution in [-0.4, -0.2) is 58.7 Å². The molecule has 2 heterocycles. The van der Waals surface area contributed by atoms with Crippen molar-refractivity contribution in [3.8, 4) is 11.3 Å². The first-order chi connectivity index (χ1) is 16.0. The minimum atomic E-state index is -0.388. The molecule has 1 aliphatic heterocycles. The second kappa shape index (κ2) is 10.4. The van der Waals surface area contributed by atoms with E-state index in [2.05, 4.69) is 26.2 Å². The summed E-state index contributed by atoms with van der Waals surface area (Å²) in [6, 6.07) is 20.6. The molecular formula is C25H23BrN4O3. The van der Waals surface area contributed by atoms with Crippen LogP contribution in [0.5, 0.6) is 0 Å². The summed E-state index contributed by atoms with van der Waals surface area (Å²) in [5.41, 5.74) is 2.93. The maximum atomic E-state index is 12.7. The minimum absolute atomic E-state index is 0.0706. The van der Waals surface area contributed by atoms with Gasteiger partial charge in [-0.05, 0) is 40.2 Å². The van der Waals surface area contributed by atoms with Gasteiger partial charge in [-0.2, -0.15) is 0 Å². The Kier molecular flexibility index (Phi) is 7.14. The highest BCUT2D eigenvalue weighted by molar-refractivity contribution is 9.10. The fourth-order valence-electron chi connectivity index (χ4n) is 3.67. The first-order valence-electron chi connectivity index (χ1n) is 10.6. The second-order valence-electron chi connectivity index (χ2n) is 7.68. The van der Waals surface area contributed by atoms with Gasteiger partial charge >= 0.3 is 0 Å². The number of nitrogens with zero attached hydrogens (tertiary/aromatic N) is 3. The number of pyridine rings is 1. The number of amides is 3. The lowest BCUT2D eigenvalue weighted by Crippen LogP contribution is -2.51. The summed E-state index contributed by atoms with van der Waals surface area (Å²) < 4.78 is 0.747. The van der Waals surface area contributed by atoms with Crippen molar-refractivity contribution in [3.05, 3.63) is 83.0 Å². The molecule has 3 aromatic rings.